The number of aromatic carboxylic acids is 1. The Morgan fingerprint density at radius 2 is 1.82 bits per heavy atom. The molecule has 4 rings (SSSR count). The summed E-state index contributed by atoms with van der Waals surface area (Å²) in [6, 6.07) is 14.0. The maximum absolute atomic E-state index is 13.5. The number of hydrogen-bond acceptors (Lipinski definition) is 4. The van der Waals surface area contributed by atoms with Gasteiger partial charge in [-0.3, -0.25) is 4.79 Å². The second kappa shape index (κ2) is 8.70. The van der Waals surface area contributed by atoms with Gasteiger partial charge in [0.25, 0.3) is 5.91 Å². The lowest BCUT2D eigenvalue weighted by molar-refractivity contribution is 0.0696. The van der Waals surface area contributed by atoms with Crippen LogP contribution in [-0.2, 0) is 0 Å². The number of hydrogen-bond donors (Lipinski definition) is 2. The van der Waals surface area contributed by atoms with Crippen molar-refractivity contribution in [1.82, 2.24) is 10.3 Å². The van der Waals surface area contributed by atoms with Gasteiger partial charge in [0.05, 0.1) is 22.2 Å². The molecule has 4 aromatic rings. The number of nitrogens with one attached hydrogen (secondary N) is 1. The number of aromatic nitrogens is 1. The van der Waals surface area contributed by atoms with Gasteiger partial charge in [-0.1, -0.05) is 18.2 Å². The van der Waals surface area contributed by atoms with Crippen LogP contribution >= 0.6 is 0 Å². The van der Waals surface area contributed by atoms with E-state index in [0.29, 0.717) is 27.8 Å². The Balaban J connectivity index is 2.06. The zero-order valence-corrected chi connectivity index (χ0v) is 18.3. The number of rotatable bonds is 5. The number of nitrogens with zero attached hydrogens (tertiary/aromatic N) is 1. The van der Waals surface area contributed by atoms with Crippen LogP contribution in [0.5, 0.6) is 0 Å². The third-order valence-corrected chi connectivity index (χ3v) is 5.47. The number of carbonyl (C=O) groups is 2. The molecule has 0 saturated carbocycles. The summed E-state index contributed by atoms with van der Waals surface area (Å²) in [5.74, 6) is -1.54. The number of furan rings is 1. The first-order chi connectivity index (χ1) is 15.8. The number of benzene rings is 2. The lowest BCUT2D eigenvalue weighted by atomic mass is 9.96. The molecule has 0 aliphatic heterocycles. The van der Waals surface area contributed by atoms with Crippen molar-refractivity contribution in [2.24, 2.45) is 0 Å². The number of carboxylic acids is 1. The van der Waals surface area contributed by atoms with Crippen LogP contribution < -0.4 is 5.32 Å². The highest BCUT2D eigenvalue weighted by Crippen LogP contribution is 2.38. The average molecular weight is 444 g/mol. The number of carbonyl (C=O) groups excluding carboxylic acids is 1. The maximum Gasteiger partial charge on any atom is 0.335 e. The van der Waals surface area contributed by atoms with E-state index in [1.165, 1.54) is 37.4 Å². The topological polar surface area (TPSA) is 92.4 Å². The van der Waals surface area contributed by atoms with Crippen LogP contribution in [-0.4, -0.2) is 29.0 Å². The highest BCUT2D eigenvalue weighted by molar-refractivity contribution is 6.11. The molecule has 2 aromatic carbocycles. The summed E-state index contributed by atoms with van der Waals surface area (Å²) in [7, 11) is 1.51. The monoisotopic (exact) mass is 444 g/mol. The molecule has 0 aliphatic carbocycles. The first-order valence-electron chi connectivity index (χ1n) is 10.3. The number of pyridine rings is 1. The van der Waals surface area contributed by atoms with Gasteiger partial charge in [-0.05, 0) is 67.4 Å². The molecule has 33 heavy (non-hydrogen) atoms. The standard InChI is InChI=1S/C26H21FN2O4/c1-4-14(2)22-19(16-6-5-7-17(12-16)26(31)32)13-20-21(24(30)28-3)23(33-25(20)29-22)15-8-10-18(27)11-9-15/h4-13H,1-3H3,(H,28,30)(H,31,32). The van der Waals surface area contributed by atoms with E-state index < -0.39 is 11.8 Å². The molecule has 1 amide bonds. The maximum atomic E-state index is 13.5. The van der Waals surface area contributed by atoms with E-state index in [1.54, 1.807) is 24.3 Å². The summed E-state index contributed by atoms with van der Waals surface area (Å²) >= 11 is 0. The third kappa shape index (κ3) is 4.01. The van der Waals surface area contributed by atoms with E-state index in [2.05, 4.69) is 5.32 Å². The molecule has 0 spiro atoms. The average Bonchev–Trinajstić information content (AvgIpc) is 3.21. The van der Waals surface area contributed by atoms with Crippen molar-refractivity contribution in [3.8, 4) is 22.5 Å². The fourth-order valence-corrected chi connectivity index (χ4v) is 3.66. The molecular formula is C26H21FN2O4. The summed E-state index contributed by atoms with van der Waals surface area (Å²) in [5.41, 5.74) is 3.97. The van der Waals surface area contributed by atoms with E-state index in [4.69, 9.17) is 9.40 Å². The van der Waals surface area contributed by atoms with Crippen LogP contribution in [0.3, 0.4) is 0 Å². The normalized spacial score (nSPS) is 11.6. The van der Waals surface area contributed by atoms with Crippen LogP contribution in [0.4, 0.5) is 4.39 Å². The quantitative estimate of drug-likeness (QED) is 0.407. The molecule has 0 radical (unpaired) electrons. The summed E-state index contributed by atoms with van der Waals surface area (Å²) in [5, 5.41) is 12.5. The van der Waals surface area contributed by atoms with Gasteiger partial charge in [-0.2, -0.15) is 0 Å². The zero-order chi connectivity index (χ0) is 23.7. The van der Waals surface area contributed by atoms with Crippen molar-refractivity contribution in [3.05, 3.63) is 83.3 Å². The van der Waals surface area contributed by atoms with Gasteiger partial charge in [0.15, 0.2) is 0 Å². The number of amides is 1. The van der Waals surface area contributed by atoms with Crippen LogP contribution in [0.15, 0.2) is 65.1 Å². The fraction of sp³-hybridized carbons (Fsp3) is 0.115. The van der Waals surface area contributed by atoms with Gasteiger partial charge in [0.1, 0.15) is 11.6 Å². The van der Waals surface area contributed by atoms with Gasteiger partial charge in [0, 0.05) is 18.2 Å². The molecule has 0 unspecified atom stereocenters. The summed E-state index contributed by atoms with van der Waals surface area (Å²) in [6.07, 6.45) is 1.89. The van der Waals surface area contributed by atoms with E-state index >= 15 is 0 Å². The molecule has 0 atom stereocenters. The first kappa shape index (κ1) is 22.0. The summed E-state index contributed by atoms with van der Waals surface area (Å²) in [4.78, 5) is 29.1. The zero-order valence-electron chi connectivity index (χ0n) is 18.3. The highest BCUT2D eigenvalue weighted by atomic mass is 19.1. The molecule has 7 heteroatoms. The van der Waals surface area contributed by atoms with Gasteiger partial charge in [-0.25, -0.2) is 14.2 Å². The summed E-state index contributed by atoms with van der Waals surface area (Å²) in [6.45, 7) is 3.77. The Labute approximate surface area is 189 Å². The lowest BCUT2D eigenvalue weighted by Gasteiger charge is -2.11. The molecular weight excluding hydrogens is 423 g/mol. The van der Waals surface area contributed by atoms with E-state index in [0.717, 1.165) is 5.57 Å². The Morgan fingerprint density at radius 1 is 1.09 bits per heavy atom. The van der Waals surface area contributed by atoms with E-state index in [9.17, 15) is 19.1 Å². The van der Waals surface area contributed by atoms with Crippen molar-refractivity contribution in [1.29, 1.82) is 0 Å². The van der Waals surface area contributed by atoms with E-state index in [-0.39, 0.29) is 28.5 Å². The van der Waals surface area contributed by atoms with Crippen LogP contribution in [0.2, 0.25) is 0 Å². The van der Waals surface area contributed by atoms with Gasteiger partial charge in [-0.15, -0.1) is 0 Å². The second-order valence-corrected chi connectivity index (χ2v) is 7.49. The first-order valence-corrected chi connectivity index (χ1v) is 10.3. The number of carboxylic acid groups (broad SMARTS) is 1. The number of halogens is 1. The minimum absolute atomic E-state index is 0.141. The minimum atomic E-state index is -1.04. The van der Waals surface area contributed by atoms with Crippen molar-refractivity contribution in [2.75, 3.05) is 7.05 Å². The molecule has 0 aliphatic rings. The van der Waals surface area contributed by atoms with Crippen molar-refractivity contribution in [2.45, 2.75) is 13.8 Å². The van der Waals surface area contributed by atoms with Gasteiger partial charge in [0.2, 0.25) is 5.71 Å². The minimum Gasteiger partial charge on any atom is -0.478 e. The van der Waals surface area contributed by atoms with Crippen molar-refractivity contribution in [3.63, 3.8) is 0 Å². The Kier molecular flexibility index (Phi) is 5.79. The Morgan fingerprint density at radius 3 is 2.45 bits per heavy atom. The number of fused-ring (bicyclic) bond motifs is 1. The fourth-order valence-electron chi connectivity index (χ4n) is 3.66. The predicted octanol–water partition coefficient (Wildman–Crippen LogP) is 5.78. The Bertz CT molecular complexity index is 1420. The van der Waals surface area contributed by atoms with Crippen LogP contribution in [0.25, 0.3) is 39.1 Å². The number of allylic oxidation sites excluding steroid dienone is 2. The SMILES string of the molecule is CC=C(C)c1nc2oc(-c3ccc(F)cc3)c(C(=O)NC)c2cc1-c1cccc(C(=O)O)c1. The van der Waals surface area contributed by atoms with Crippen molar-refractivity contribution < 1.29 is 23.5 Å². The highest BCUT2D eigenvalue weighted by Gasteiger charge is 2.25. The second-order valence-electron chi connectivity index (χ2n) is 7.49. The van der Waals surface area contributed by atoms with Gasteiger partial charge >= 0.3 is 5.97 Å². The molecule has 2 aromatic heterocycles. The molecule has 2 heterocycles. The van der Waals surface area contributed by atoms with Crippen LogP contribution in [0.1, 0.15) is 40.3 Å². The van der Waals surface area contributed by atoms with E-state index in [1.807, 2.05) is 19.9 Å². The summed E-state index contributed by atoms with van der Waals surface area (Å²) < 4.78 is 19.5. The van der Waals surface area contributed by atoms with Gasteiger partial charge < -0.3 is 14.8 Å². The molecule has 6 nitrogen and oxygen atoms in total. The Hall–Kier alpha value is -4.26. The molecule has 0 fully saturated rings. The largest absolute Gasteiger partial charge is 0.478 e. The smallest absolute Gasteiger partial charge is 0.335 e. The molecule has 0 saturated heterocycles. The van der Waals surface area contributed by atoms with Crippen molar-refractivity contribution >= 4 is 28.5 Å². The molecule has 0 bridgehead atoms. The third-order valence-electron chi connectivity index (χ3n) is 5.47. The van der Waals surface area contributed by atoms with Crippen LogP contribution in [0, 0.1) is 5.82 Å². The lowest BCUT2D eigenvalue weighted by Crippen LogP contribution is -2.18. The molecule has 2 N–H and O–H groups in total. The molecule has 166 valence electrons. The predicted molar refractivity (Wildman–Crippen MR) is 125 cm³/mol.